The van der Waals surface area contributed by atoms with Crippen molar-refractivity contribution in [1.29, 1.82) is 0 Å². The van der Waals surface area contributed by atoms with Gasteiger partial charge in [0.05, 0.1) is 30.3 Å². The number of allylic oxidation sites excluding steroid dienone is 2. The fourth-order valence-electron chi connectivity index (χ4n) is 6.80. The summed E-state index contributed by atoms with van der Waals surface area (Å²) in [5, 5.41) is 9.63. The van der Waals surface area contributed by atoms with Gasteiger partial charge in [-0.1, -0.05) is 19.1 Å². The molecule has 0 unspecified atom stereocenters. The van der Waals surface area contributed by atoms with Gasteiger partial charge in [-0.2, -0.15) is 0 Å². The second-order valence-electron chi connectivity index (χ2n) is 8.89. The lowest BCUT2D eigenvalue weighted by molar-refractivity contribution is -0.156. The minimum Gasteiger partial charge on any atom is -0.465 e. The summed E-state index contributed by atoms with van der Waals surface area (Å²) in [6.45, 7) is 2.62. The molecular weight excluding hydrogens is 352 g/mol. The highest BCUT2D eigenvalue weighted by molar-refractivity contribution is 5.92. The van der Waals surface area contributed by atoms with Crippen molar-refractivity contribution in [2.45, 2.75) is 51.0 Å². The van der Waals surface area contributed by atoms with Crippen LogP contribution >= 0.6 is 0 Å². The Morgan fingerprint density at radius 3 is 2.85 bits per heavy atom. The van der Waals surface area contributed by atoms with Crippen molar-refractivity contribution in [2.24, 2.45) is 28.6 Å². The Morgan fingerprint density at radius 1 is 1.22 bits per heavy atom. The van der Waals surface area contributed by atoms with E-state index in [1.54, 1.807) is 0 Å². The van der Waals surface area contributed by atoms with Gasteiger partial charge in [0, 0.05) is 10.8 Å². The average Bonchev–Trinajstić information content (AvgIpc) is 3.31. The summed E-state index contributed by atoms with van der Waals surface area (Å²) in [4.78, 5) is 24.5. The van der Waals surface area contributed by atoms with Crippen LogP contribution in [0.25, 0.3) is 0 Å². The van der Waals surface area contributed by atoms with Gasteiger partial charge in [-0.05, 0) is 37.2 Å². The molecule has 4 heterocycles. The molecule has 1 N–H and O–H groups in total. The van der Waals surface area contributed by atoms with Crippen LogP contribution in [0.15, 0.2) is 23.8 Å². The predicted molar refractivity (Wildman–Crippen MR) is 88.7 cm³/mol. The summed E-state index contributed by atoms with van der Waals surface area (Å²) in [6.07, 6.45) is 5.78. The van der Waals surface area contributed by atoms with Gasteiger partial charge >= 0.3 is 11.9 Å². The number of fused-ring (bicyclic) bond motifs is 1. The number of hydrogen-bond donors (Lipinski definition) is 1. The van der Waals surface area contributed by atoms with E-state index in [1.165, 1.54) is 6.08 Å². The molecule has 2 spiro atoms. The van der Waals surface area contributed by atoms with Gasteiger partial charge in [-0.25, -0.2) is 4.79 Å². The van der Waals surface area contributed by atoms with Gasteiger partial charge < -0.3 is 24.1 Å². The number of carbonyl (C=O) groups excluding carboxylic acids is 2. The molecule has 9 atom stereocenters. The Labute approximate surface area is 156 Å². The van der Waals surface area contributed by atoms with Crippen LogP contribution < -0.4 is 0 Å². The number of esters is 2. The van der Waals surface area contributed by atoms with Gasteiger partial charge in [0.1, 0.15) is 0 Å². The molecule has 0 aromatic carbocycles. The SMILES string of the molecule is C[C@@H]1[C@H]2C[C@@]34COC(=O)[C@H]3CC=C[C@H]4[C@@]13C[C@H](C1=C[C@@H](O)OC1=O)O[C@H]3O2. The van der Waals surface area contributed by atoms with Crippen molar-refractivity contribution in [3.63, 3.8) is 0 Å². The standard InChI is InChI=1S/C20H22O7/c1-9-12-6-19-8-24-17(23)11(19)3-2-4-14(19)20(9)7-13(26-18(20)25-12)10-5-15(21)27-16(10)22/h2,4-5,9,11-15,18,21H,3,6-8H2,1H3/t9-,11-,12-,13-,14-,15+,18-,19-,20-/m1/s1. The summed E-state index contributed by atoms with van der Waals surface area (Å²) in [5.41, 5.74) is -0.195. The molecule has 1 saturated carbocycles. The maximum atomic E-state index is 12.4. The zero-order chi connectivity index (χ0) is 18.6. The topological polar surface area (TPSA) is 91.3 Å². The lowest BCUT2D eigenvalue weighted by Gasteiger charge is -2.54. The van der Waals surface area contributed by atoms with E-state index < -0.39 is 24.7 Å². The van der Waals surface area contributed by atoms with E-state index in [0.29, 0.717) is 25.0 Å². The second-order valence-corrected chi connectivity index (χ2v) is 8.89. The molecule has 0 aromatic rings. The molecule has 4 aliphatic heterocycles. The van der Waals surface area contributed by atoms with Gasteiger partial charge in [0.2, 0.25) is 6.29 Å². The normalized spacial score (nSPS) is 54.9. The van der Waals surface area contributed by atoms with Crippen LogP contribution in [0.2, 0.25) is 0 Å². The largest absolute Gasteiger partial charge is 0.465 e. The van der Waals surface area contributed by atoms with Crippen LogP contribution in [0.4, 0.5) is 0 Å². The Balaban J connectivity index is 1.43. The summed E-state index contributed by atoms with van der Waals surface area (Å²) < 4.78 is 22.9. The molecule has 3 saturated heterocycles. The highest BCUT2D eigenvalue weighted by Crippen LogP contribution is 2.71. The van der Waals surface area contributed by atoms with Gasteiger partial charge in [0.15, 0.2) is 6.29 Å². The smallest absolute Gasteiger partial charge is 0.339 e. The van der Waals surface area contributed by atoms with E-state index in [1.807, 2.05) is 0 Å². The van der Waals surface area contributed by atoms with E-state index in [4.69, 9.17) is 18.9 Å². The van der Waals surface area contributed by atoms with Crippen LogP contribution in [0.3, 0.4) is 0 Å². The Hall–Kier alpha value is -1.70. The molecule has 6 rings (SSSR count). The molecule has 27 heavy (non-hydrogen) atoms. The number of aliphatic hydroxyl groups is 1. The molecule has 2 bridgehead atoms. The lowest BCUT2D eigenvalue weighted by atomic mass is 9.46. The van der Waals surface area contributed by atoms with Crippen molar-refractivity contribution in [3.8, 4) is 0 Å². The summed E-state index contributed by atoms with van der Waals surface area (Å²) >= 11 is 0. The van der Waals surface area contributed by atoms with Crippen LogP contribution in [0, 0.1) is 28.6 Å². The monoisotopic (exact) mass is 374 g/mol. The fraction of sp³-hybridized carbons (Fsp3) is 0.700. The molecule has 2 aliphatic carbocycles. The molecule has 7 heteroatoms. The van der Waals surface area contributed by atoms with Crippen LogP contribution in [-0.2, 0) is 28.5 Å². The fourth-order valence-corrected chi connectivity index (χ4v) is 6.80. The van der Waals surface area contributed by atoms with Crippen molar-refractivity contribution >= 4 is 11.9 Å². The molecule has 0 aromatic heterocycles. The molecule has 7 nitrogen and oxygen atoms in total. The predicted octanol–water partition coefficient (Wildman–Crippen LogP) is 1.06. The van der Waals surface area contributed by atoms with E-state index in [0.717, 1.165) is 6.42 Å². The van der Waals surface area contributed by atoms with E-state index in [2.05, 4.69) is 19.1 Å². The van der Waals surface area contributed by atoms with E-state index >= 15 is 0 Å². The molecular formula is C20H22O7. The molecule has 144 valence electrons. The molecule has 6 aliphatic rings. The minimum absolute atomic E-state index is 0.0193. The van der Waals surface area contributed by atoms with Crippen LogP contribution in [0.5, 0.6) is 0 Å². The third-order valence-corrected chi connectivity index (χ3v) is 8.04. The zero-order valence-electron chi connectivity index (χ0n) is 15.0. The molecule has 0 radical (unpaired) electrons. The highest BCUT2D eigenvalue weighted by Gasteiger charge is 2.74. The maximum Gasteiger partial charge on any atom is 0.339 e. The maximum absolute atomic E-state index is 12.4. The number of ether oxygens (including phenoxy) is 4. The second kappa shape index (κ2) is 5.01. The van der Waals surface area contributed by atoms with Crippen molar-refractivity contribution < 1.29 is 33.6 Å². The molecule has 0 amide bonds. The Morgan fingerprint density at radius 2 is 2.07 bits per heavy atom. The van der Waals surface area contributed by atoms with E-state index in [-0.39, 0.29) is 40.7 Å². The first kappa shape index (κ1) is 16.3. The van der Waals surface area contributed by atoms with Gasteiger partial charge in [-0.15, -0.1) is 0 Å². The quantitative estimate of drug-likeness (QED) is 0.542. The summed E-state index contributed by atoms with van der Waals surface area (Å²) in [5.74, 6) is -0.424. The van der Waals surface area contributed by atoms with Crippen LogP contribution in [0.1, 0.15) is 26.2 Å². The number of rotatable bonds is 1. The third kappa shape index (κ3) is 1.78. The number of hydrogen-bond acceptors (Lipinski definition) is 7. The Kier molecular flexibility index (Phi) is 3.02. The van der Waals surface area contributed by atoms with E-state index in [9.17, 15) is 14.7 Å². The first-order valence-corrected chi connectivity index (χ1v) is 9.71. The number of aliphatic hydroxyl groups excluding tert-OH is 1. The van der Waals surface area contributed by atoms with Crippen molar-refractivity contribution in [3.05, 3.63) is 23.8 Å². The molecule has 4 fully saturated rings. The first-order valence-electron chi connectivity index (χ1n) is 9.71. The van der Waals surface area contributed by atoms with Gasteiger partial charge in [0.25, 0.3) is 0 Å². The first-order chi connectivity index (χ1) is 13.0. The average molecular weight is 374 g/mol. The Bertz CT molecular complexity index is 802. The minimum atomic E-state index is -1.21. The summed E-state index contributed by atoms with van der Waals surface area (Å²) in [6, 6.07) is 0. The number of carbonyl (C=O) groups is 2. The zero-order valence-corrected chi connectivity index (χ0v) is 15.0. The lowest BCUT2D eigenvalue weighted by Crippen LogP contribution is -2.56. The third-order valence-electron chi connectivity index (χ3n) is 8.04. The van der Waals surface area contributed by atoms with Crippen LogP contribution in [-0.4, -0.2) is 48.4 Å². The van der Waals surface area contributed by atoms with Crippen molar-refractivity contribution in [1.82, 2.24) is 0 Å². The summed E-state index contributed by atoms with van der Waals surface area (Å²) in [7, 11) is 0. The highest BCUT2D eigenvalue weighted by atomic mass is 16.7. The number of cyclic esters (lactones) is 2. The van der Waals surface area contributed by atoms with Crippen molar-refractivity contribution in [2.75, 3.05) is 6.61 Å². The van der Waals surface area contributed by atoms with Gasteiger partial charge in [-0.3, -0.25) is 4.79 Å².